The number of Topliss-reactive ketones (excluding diaryl/α,β-unsaturated/α-hetero) is 1. The van der Waals surface area contributed by atoms with E-state index in [1.54, 1.807) is 0 Å². The summed E-state index contributed by atoms with van der Waals surface area (Å²) < 4.78 is 5.08. The van der Waals surface area contributed by atoms with Crippen LogP contribution in [0.25, 0.3) is 10.9 Å². The molecular formula is C20H22N2O3. The summed E-state index contributed by atoms with van der Waals surface area (Å²) in [5, 5.41) is 4.56. The summed E-state index contributed by atoms with van der Waals surface area (Å²) in [6, 6.07) is 7.92. The van der Waals surface area contributed by atoms with Gasteiger partial charge in [0.1, 0.15) is 0 Å². The third-order valence-corrected chi connectivity index (χ3v) is 5.68. The number of piperidine rings is 1. The fourth-order valence-corrected chi connectivity index (χ4v) is 4.43. The molecule has 2 aliphatic rings. The Morgan fingerprint density at radius 2 is 2.08 bits per heavy atom. The molecule has 5 heteroatoms. The number of hydrogen-bond acceptors (Lipinski definition) is 4. The second kappa shape index (κ2) is 6.15. The monoisotopic (exact) mass is 338 g/mol. The molecular weight excluding hydrogens is 316 g/mol. The molecule has 3 atom stereocenters. The van der Waals surface area contributed by atoms with Crippen LogP contribution in [0, 0.1) is 11.8 Å². The van der Waals surface area contributed by atoms with Gasteiger partial charge in [-0.1, -0.05) is 29.8 Å². The average Bonchev–Trinajstić information content (AvgIpc) is 2.99. The van der Waals surface area contributed by atoms with Crippen molar-refractivity contribution >= 4 is 22.7 Å². The molecule has 0 spiro atoms. The van der Waals surface area contributed by atoms with Crippen molar-refractivity contribution in [3.8, 4) is 0 Å². The lowest BCUT2D eigenvalue weighted by atomic mass is 9.71. The number of methoxy groups -OCH3 is 1. The lowest BCUT2D eigenvalue weighted by molar-refractivity contribution is -0.148. The number of rotatable bonds is 1. The minimum absolute atomic E-state index is 0.0350. The van der Waals surface area contributed by atoms with Crippen LogP contribution in [0.2, 0.25) is 0 Å². The maximum absolute atomic E-state index is 13.0. The van der Waals surface area contributed by atoms with Crippen LogP contribution in [-0.2, 0) is 16.0 Å². The van der Waals surface area contributed by atoms with Gasteiger partial charge in [-0.25, -0.2) is 0 Å². The second-order valence-electron chi connectivity index (χ2n) is 6.86. The zero-order valence-corrected chi connectivity index (χ0v) is 14.5. The quantitative estimate of drug-likeness (QED) is 0.619. The number of hydrogen-bond donors (Lipinski definition) is 2. The van der Waals surface area contributed by atoms with Gasteiger partial charge in [-0.2, -0.15) is 0 Å². The molecule has 1 fully saturated rings. The Labute approximate surface area is 146 Å². The van der Waals surface area contributed by atoms with Crippen molar-refractivity contribution in [2.45, 2.75) is 25.8 Å². The average molecular weight is 338 g/mol. The number of aromatic nitrogens is 1. The van der Waals surface area contributed by atoms with Gasteiger partial charge >= 0.3 is 5.97 Å². The molecule has 5 nitrogen and oxygen atoms in total. The standard InChI is InChI=1S/C20H22N2O3/c1-3-11-10-21-16-8-14-12-6-4-5-7-15(12)22-19(14)17(23)9-13(11)18(16)20(24)25-2/h3-7,13,16,18,21-22H,8-10H2,1-2H3/b11-3+/t13-,16-,18-/m0/s1. The summed E-state index contributed by atoms with van der Waals surface area (Å²) in [7, 11) is 1.42. The minimum Gasteiger partial charge on any atom is -0.469 e. The maximum Gasteiger partial charge on any atom is 0.310 e. The van der Waals surface area contributed by atoms with Crippen LogP contribution in [-0.4, -0.2) is 36.4 Å². The topological polar surface area (TPSA) is 71.2 Å². The first kappa shape index (κ1) is 16.1. The van der Waals surface area contributed by atoms with E-state index in [4.69, 9.17) is 4.74 Å². The highest BCUT2D eigenvalue weighted by Crippen LogP contribution is 2.38. The molecule has 0 unspecified atom stereocenters. The summed E-state index contributed by atoms with van der Waals surface area (Å²) in [4.78, 5) is 28.8. The van der Waals surface area contributed by atoms with Gasteiger partial charge < -0.3 is 15.0 Å². The number of allylic oxidation sites excluding steroid dienone is 1. The summed E-state index contributed by atoms with van der Waals surface area (Å²) in [5.74, 6) is -0.603. The summed E-state index contributed by atoms with van der Waals surface area (Å²) >= 11 is 0. The van der Waals surface area contributed by atoms with Gasteiger partial charge in [0, 0.05) is 35.8 Å². The Kier molecular flexibility index (Phi) is 3.96. The molecule has 1 aliphatic carbocycles. The fraction of sp³-hybridized carbons (Fsp3) is 0.400. The third-order valence-electron chi connectivity index (χ3n) is 5.68. The van der Waals surface area contributed by atoms with Crippen molar-refractivity contribution in [2.24, 2.45) is 11.8 Å². The molecule has 0 amide bonds. The summed E-state index contributed by atoms with van der Waals surface area (Å²) in [5.41, 5.74) is 3.78. The molecule has 2 bridgehead atoms. The number of aromatic amines is 1. The Bertz CT molecular complexity index is 880. The molecule has 1 aromatic heterocycles. The van der Waals surface area contributed by atoms with Crippen LogP contribution in [0.4, 0.5) is 0 Å². The van der Waals surface area contributed by atoms with Crippen molar-refractivity contribution in [1.29, 1.82) is 0 Å². The van der Waals surface area contributed by atoms with Gasteiger partial charge in [0.05, 0.1) is 18.7 Å². The lowest BCUT2D eigenvalue weighted by Gasteiger charge is -2.40. The molecule has 2 N–H and O–H groups in total. The number of ketones is 1. The first-order valence-corrected chi connectivity index (χ1v) is 8.73. The molecule has 25 heavy (non-hydrogen) atoms. The first-order chi connectivity index (χ1) is 12.1. The zero-order chi connectivity index (χ0) is 17.6. The summed E-state index contributed by atoms with van der Waals surface area (Å²) in [6.45, 7) is 2.67. The smallest absolute Gasteiger partial charge is 0.310 e. The van der Waals surface area contributed by atoms with Crippen molar-refractivity contribution in [3.63, 3.8) is 0 Å². The summed E-state index contributed by atoms with van der Waals surface area (Å²) in [6.07, 6.45) is 2.99. The zero-order valence-electron chi connectivity index (χ0n) is 14.5. The number of para-hydroxylation sites is 1. The fourth-order valence-electron chi connectivity index (χ4n) is 4.43. The number of ether oxygens (including phenoxy) is 1. The molecule has 0 saturated carbocycles. The maximum atomic E-state index is 13.0. The predicted octanol–water partition coefficient (Wildman–Crippen LogP) is 2.62. The van der Waals surface area contributed by atoms with Gasteiger partial charge in [0.15, 0.2) is 5.78 Å². The van der Waals surface area contributed by atoms with Gasteiger partial charge in [0.25, 0.3) is 0 Å². The van der Waals surface area contributed by atoms with Crippen molar-refractivity contribution in [3.05, 3.63) is 47.2 Å². The molecule has 1 aromatic carbocycles. The number of esters is 1. The van der Waals surface area contributed by atoms with Crippen LogP contribution < -0.4 is 5.32 Å². The van der Waals surface area contributed by atoms with Crippen LogP contribution in [0.3, 0.4) is 0 Å². The van der Waals surface area contributed by atoms with E-state index in [-0.39, 0.29) is 29.6 Å². The Hall–Kier alpha value is -2.40. The number of nitrogens with one attached hydrogen (secondary N) is 2. The van der Waals surface area contributed by atoms with Crippen molar-refractivity contribution in [2.75, 3.05) is 13.7 Å². The van der Waals surface area contributed by atoms with Crippen LogP contribution >= 0.6 is 0 Å². The van der Waals surface area contributed by atoms with Crippen LogP contribution in [0.1, 0.15) is 29.4 Å². The number of H-pyrrole nitrogens is 1. The normalized spacial score (nSPS) is 27.7. The molecule has 2 heterocycles. The second-order valence-corrected chi connectivity index (χ2v) is 6.86. The van der Waals surface area contributed by atoms with E-state index in [1.807, 2.05) is 37.3 Å². The number of fused-ring (bicyclic) bond motifs is 5. The third kappa shape index (κ3) is 2.50. The van der Waals surface area contributed by atoms with E-state index in [0.29, 0.717) is 25.1 Å². The van der Waals surface area contributed by atoms with E-state index >= 15 is 0 Å². The van der Waals surface area contributed by atoms with Gasteiger partial charge in [-0.15, -0.1) is 0 Å². The predicted molar refractivity (Wildman–Crippen MR) is 95.5 cm³/mol. The highest BCUT2D eigenvalue weighted by atomic mass is 16.5. The number of carbonyl (C=O) groups excluding carboxylic acids is 2. The van der Waals surface area contributed by atoms with E-state index < -0.39 is 0 Å². The van der Waals surface area contributed by atoms with Crippen LogP contribution in [0.5, 0.6) is 0 Å². The molecule has 2 aromatic rings. The Balaban J connectivity index is 1.87. The number of carbonyl (C=O) groups is 2. The van der Waals surface area contributed by atoms with Gasteiger partial charge in [-0.05, 0) is 25.0 Å². The highest BCUT2D eigenvalue weighted by Gasteiger charge is 2.44. The van der Waals surface area contributed by atoms with E-state index in [9.17, 15) is 9.59 Å². The van der Waals surface area contributed by atoms with E-state index in [2.05, 4.69) is 10.3 Å². The van der Waals surface area contributed by atoms with Crippen LogP contribution in [0.15, 0.2) is 35.9 Å². The highest BCUT2D eigenvalue weighted by molar-refractivity contribution is 6.03. The molecule has 4 rings (SSSR count). The molecule has 1 aliphatic heterocycles. The van der Waals surface area contributed by atoms with E-state index in [0.717, 1.165) is 22.0 Å². The van der Waals surface area contributed by atoms with Crippen molar-refractivity contribution in [1.82, 2.24) is 10.3 Å². The van der Waals surface area contributed by atoms with E-state index in [1.165, 1.54) is 7.11 Å². The SMILES string of the molecule is C/C=C1\CN[C@H]2Cc3c([nH]c4ccccc34)C(=O)C[C@@H]1[C@@H]2C(=O)OC. The van der Waals surface area contributed by atoms with Gasteiger partial charge in [-0.3, -0.25) is 9.59 Å². The van der Waals surface area contributed by atoms with Crippen molar-refractivity contribution < 1.29 is 14.3 Å². The Morgan fingerprint density at radius 3 is 2.84 bits per heavy atom. The first-order valence-electron chi connectivity index (χ1n) is 8.73. The largest absolute Gasteiger partial charge is 0.469 e. The minimum atomic E-state index is -0.337. The lowest BCUT2D eigenvalue weighted by Crippen LogP contribution is -2.53. The molecule has 130 valence electrons. The molecule has 0 radical (unpaired) electrons. The number of benzene rings is 1. The van der Waals surface area contributed by atoms with Gasteiger partial charge in [0.2, 0.25) is 0 Å². The molecule has 1 saturated heterocycles. The Morgan fingerprint density at radius 1 is 1.28 bits per heavy atom.